The van der Waals surface area contributed by atoms with Crippen LogP contribution in [-0.4, -0.2) is 39.6 Å². The standard InChI is InChI=1S/C33H34N4O5S/c1-24-12-18-31(19-13-24)43(40,41)37(29-11-7-8-25(2)20-29)22-32(38)36-34-21-27-14-16-30(17-15-27)42-23-33(39)35-26(3)28-9-5-4-6-10-28/h4-21,26H,22-23H2,1-3H3,(H,35,39)(H,36,38)/b34-21-/t26-/m1/s1. The van der Waals surface area contributed by atoms with Gasteiger partial charge in [-0.3, -0.25) is 13.9 Å². The minimum absolute atomic E-state index is 0.0846. The number of benzene rings is 4. The van der Waals surface area contributed by atoms with Crippen molar-refractivity contribution >= 4 is 33.7 Å². The third-order valence-electron chi connectivity index (χ3n) is 6.52. The molecule has 2 amide bonds. The molecule has 222 valence electrons. The topological polar surface area (TPSA) is 117 Å². The van der Waals surface area contributed by atoms with Gasteiger partial charge in [-0.1, -0.05) is 60.2 Å². The summed E-state index contributed by atoms with van der Waals surface area (Å²) in [6.07, 6.45) is 1.43. The molecule has 4 aromatic carbocycles. The molecule has 0 bridgehead atoms. The number of hydrogen-bond acceptors (Lipinski definition) is 6. The largest absolute Gasteiger partial charge is 0.484 e. The normalized spacial score (nSPS) is 12.0. The minimum Gasteiger partial charge on any atom is -0.484 e. The van der Waals surface area contributed by atoms with Crippen molar-refractivity contribution in [3.8, 4) is 5.75 Å². The van der Waals surface area contributed by atoms with E-state index in [1.54, 1.807) is 54.6 Å². The molecule has 10 heteroatoms. The molecule has 0 aliphatic heterocycles. The van der Waals surface area contributed by atoms with Gasteiger partial charge in [0.1, 0.15) is 12.3 Å². The Kier molecular flexibility index (Phi) is 10.3. The first kappa shape index (κ1) is 31.0. The maximum atomic E-state index is 13.5. The van der Waals surface area contributed by atoms with Crippen molar-refractivity contribution in [1.82, 2.24) is 10.7 Å². The van der Waals surface area contributed by atoms with Crippen LogP contribution in [0, 0.1) is 13.8 Å². The van der Waals surface area contributed by atoms with Gasteiger partial charge in [-0.05, 0) is 86.0 Å². The summed E-state index contributed by atoms with van der Waals surface area (Å²) in [5.74, 6) is -0.350. The van der Waals surface area contributed by atoms with E-state index in [1.165, 1.54) is 18.3 Å². The van der Waals surface area contributed by atoms with Gasteiger partial charge < -0.3 is 10.1 Å². The first-order valence-electron chi connectivity index (χ1n) is 13.7. The average molecular weight is 599 g/mol. The number of nitrogens with one attached hydrogen (secondary N) is 2. The van der Waals surface area contributed by atoms with E-state index >= 15 is 0 Å². The highest BCUT2D eigenvalue weighted by Gasteiger charge is 2.27. The van der Waals surface area contributed by atoms with Crippen LogP contribution in [0.3, 0.4) is 0 Å². The van der Waals surface area contributed by atoms with E-state index in [-0.39, 0.29) is 23.5 Å². The smallest absolute Gasteiger partial charge is 0.264 e. The summed E-state index contributed by atoms with van der Waals surface area (Å²) in [4.78, 5) is 25.2. The number of sulfonamides is 1. The monoisotopic (exact) mass is 598 g/mol. The van der Waals surface area contributed by atoms with E-state index in [4.69, 9.17) is 4.74 Å². The molecule has 0 aliphatic rings. The van der Waals surface area contributed by atoms with Gasteiger partial charge in [0, 0.05) is 0 Å². The van der Waals surface area contributed by atoms with Gasteiger partial charge in [-0.15, -0.1) is 0 Å². The van der Waals surface area contributed by atoms with Crippen LogP contribution >= 0.6 is 0 Å². The number of carbonyl (C=O) groups is 2. The third-order valence-corrected chi connectivity index (χ3v) is 8.30. The van der Waals surface area contributed by atoms with E-state index in [9.17, 15) is 18.0 Å². The fourth-order valence-corrected chi connectivity index (χ4v) is 5.60. The summed E-state index contributed by atoms with van der Waals surface area (Å²) in [6, 6.07) is 29.7. The Labute approximate surface area is 252 Å². The second-order valence-corrected chi connectivity index (χ2v) is 11.9. The Hall–Kier alpha value is -4.96. The van der Waals surface area contributed by atoms with Crippen LogP contribution < -0.4 is 19.8 Å². The van der Waals surface area contributed by atoms with Crippen molar-refractivity contribution in [3.63, 3.8) is 0 Å². The van der Waals surface area contributed by atoms with E-state index in [2.05, 4.69) is 15.8 Å². The van der Waals surface area contributed by atoms with E-state index in [0.717, 1.165) is 21.0 Å². The molecule has 1 atom stereocenters. The molecule has 0 heterocycles. The molecule has 4 rings (SSSR count). The summed E-state index contributed by atoms with van der Waals surface area (Å²) in [6.45, 7) is 5.03. The summed E-state index contributed by atoms with van der Waals surface area (Å²) in [5, 5.41) is 6.88. The number of nitrogens with zero attached hydrogens (tertiary/aromatic N) is 2. The van der Waals surface area contributed by atoms with Gasteiger partial charge in [0.2, 0.25) is 0 Å². The lowest BCUT2D eigenvalue weighted by Gasteiger charge is -2.24. The summed E-state index contributed by atoms with van der Waals surface area (Å²) in [7, 11) is -4.02. The van der Waals surface area contributed by atoms with Gasteiger partial charge in [-0.2, -0.15) is 5.10 Å². The predicted octanol–water partition coefficient (Wildman–Crippen LogP) is 4.91. The van der Waals surface area contributed by atoms with Crippen molar-refractivity contribution in [2.75, 3.05) is 17.5 Å². The van der Waals surface area contributed by atoms with E-state index < -0.39 is 22.5 Å². The first-order valence-corrected chi connectivity index (χ1v) is 15.1. The van der Waals surface area contributed by atoms with Crippen molar-refractivity contribution in [3.05, 3.63) is 125 Å². The molecule has 4 aromatic rings. The average Bonchev–Trinajstić information content (AvgIpc) is 3.00. The number of anilines is 1. The van der Waals surface area contributed by atoms with Gasteiger partial charge in [0.15, 0.2) is 6.61 Å². The third kappa shape index (κ3) is 8.76. The van der Waals surface area contributed by atoms with E-state index in [0.29, 0.717) is 17.0 Å². The van der Waals surface area contributed by atoms with Crippen molar-refractivity contribution < 1.29 is 22.7 Å². The maximum absolute atomic E-state index is 13.5. The fourth-order valence-electron chi connectivity index (χ4n) is 4.19. The molecule has 0 unspecified atom stereocenters. The van der Waals surface area contributed by atoms with Gasteiger partial charge in [-0.25, -0.2) is 13.8 Å². The Balaban J connectivity index is 1.33. The lowest BCUT2D eigenvalue weighted by Crippen LogP contribution is -2.39. The lowest BCUT2D eigenvalue weighted by atomic mass is 10.1. The Morgan fingerprint density at radius 2 is 1.56 bits per heavy atom. The molecular formula is C33H34N4O5S. The van der Waals surface area contributed by atoms with Crippen LogP contribution in [0.25, 0.3) is 0 Å². The van der Waals surface area contributed by atoms with Crippen LogP contribution in [0.15, 0.2) is 113 Å². The van der Waals surface area contributed by atoms with Crippen molar-refractivity contribution in [2.45, 2.75) is 31.7 Å². The van der Waals surface area contributed by atoms with Gasteiger partial charge in [0.25, 0.3) is 21.8 Å². The second-order valence-electron chi connectivity index (χ2n) is 10.0. The molecule has 9 nitrogen and oxygen atoms in total. The quantitative estimate of drug-likeness (QED) is 0.178. The Morgan fingerprint density at radius 3 is 2.23 bits per heavy atom. The van der Waals surface area contributed by atoms with E-state index in [1.807, 2.05) is 57.2 Å². The van der Waals surface area contributed by atoms with Crippen LogP contribution in [0.1, 0.15) is 35.2 Å². The first-order chi connectivity index (χ1) is 20.6. The number of amides is 2. The van der Waals surface area contributed by atoms with Crippen LogP contribution in [-0.2, 0) is 19.6 Å². The number of ether oxygens (including phenoxy) is 1. The van der Waals surface area contributed by atoms with Crippen LogP contribution in [0.5, 0.6) is 5.75 Å². The zero-order chi connectivity index (χ0) is 30.8. The number of carbonyl (C=O) groups excluding carboxylic acids is 2. The Morgan fingerprint density at radius 1 is 0.860 bits per heavy atom. The number of hydrogen-bond donors (Lipinski definition) is 2. The maximum Gasteiger partial charge on any atom is 0.264 e. The van der Waals surface area contributed by atoms with Crippen molar-refractivity contribution in [2.24, 2.45) is 5.10 Å². The lowest BCUT2D eigenvalue weighted by molar-refractivity contribution is -0.123. The zero-order valence-corrected chi connectivity index (χ0v) is 25.0. The minimum atomic E-state index is -4.02. The fraction of sp³-hybridized carbons (Fsp3) is 0.182. The number of aryl methyl sites for hydroxylation is 2. The number of rotatable bonds is 12. The molecule has 0 spiro atoms. The molecule has 0 aromatic heterocycles. The summed E-state index contributed by atoms with van der Waals surface area (Å²) < 4.78 is 33.7. The highest BCUT2D eigenvalue weighted by Crippen LogP contribution is 2.24. The highest BCUT2D eigenvalue weighted by atomic mass is 32.2. The molecule has 0 saturated heterocycles. The second kappa shape index (κ2) is 14.3. The molecule has 2 N–H and O–H groups in total. The molecule has 0 saturated carbocycles. The Bertz CT molecular complexity index is 1670. The van der Waals surface area contributed by atoms with Crippen molar-refractivity contribution in [1.29, 1.82) is 0 Å². The van der Waals surface area contributed by atoms with Gasteiger partial charge in [0.05, 0.1) is 22.8 Å². The van der Waals surface area contributed by atoms with Crippen LogP contribution in [0.2, 0.25) is 0 Å². The highest BCUT2D eigenvalue weighted by molar-refractivity contribution is 7.92. The summed E-state index contributed by atoms with van der Waals surface area (Å²) in [5.41, 5.74) is 6.22. The molecule has 0 fully saturated rings. The van der Waals surface area contributed by atoms with Gasteiger partial charge >= 0.3 is 0 Å². The zero-order valence-electron chi connectivity index (χ0n) is 24.2. The van der Waals surface area contributed by atoms with Crippen LogP contribution in [0.4, 0.5) is 5.69 Å². The molecule has 0 aliphatic carbocycles. The molecule has 43 heavy (non-hydrogen) atoms. The SMILES string of the molecule is Cc1ccc(S(=O)(=O)N(CC(=O)N/N=C\c2ccc(OCC(=O)N[C@H](C)c3ccccc3)cc2)c2cccc(C)c2)cc1. The number of hydrazone groups is 1. The molecule has 0 radical (unpaired) electrons. The summed E-state index contributed by atoms with van der Waals surface area (Å²) >= 11 is 0. The predicted molar refractivity (Wildman–Crippen MR) is 168 cm³/mol. The molecular weight excluding hydrogens is 564 g/mol.